The van der Waals surface area contributed by atoms with E-state index in [-0.39, 0.29) is 0 Å². The van der Waals surface area contributed by atoms with Crippen molar-refractivity contribution < 1.29 is 19.4 Å². The van der Waals surface area contributed by atoms with Crippen molar-refractivity contribution >= 4 is 17.7 Å². The lowest BCUT2D eigenvalue weighted by atomic mass is 10.1. The molecule has 1 unspecified atom stereocenters. The molecule has 0 radical (unpaired) electrons. The summed E-state index contributed by atoms with van der Waals surface area (Å²) in [5.74, 6) is 16.7. The van der Waals surface area contributed by atoms with Crippen LogP contribution in [0.2, 0.25) is 0 Å². The maximum absolute atomic E-state index is 12.4. The van der Waals surface area contributed by atoms with Gasteiger partial charge in [0.15, 0.2) is 0 Å². The highest BCUT2D eigenvalue weighted by atomic mass is 16.6. The van der Waals surface area contributed by atoms with Gasteiger partial charge >= 0.3 is 6.09 Å². The number of aliphatic hydroxyl groups is 1. The Balaban J connectivity index is 2.88. The molecule has 0 fully saturated rings. The van der Waals surface area contributed by atoms with Crippen molar-refractivity contribution in [1.29, 1.82) is 0 Å². The largest absolute Gasteiger partial charge is 0.444 e. The number of rotatable bonds is 4. The Morgan fingerprint density at radius 3 is 2.43 bits per heavy atom. The molecule has 0 heterocycles. The Hall–Kier alpha value is -3.84. The van der Waals surface area contributed by atoms with Gasteiger partial charge in [-0.15, -0.1) is 6.42 Å². The molecule has 0 aliphatic rings. The topological polar surface area (TPSA) is 87.7 Å². The SMILES string of the molecule is C#CC#CC#CC#Cc1ccccc1NC(=O)C(CO)NC(=O)OC(C)(C)C. The lowest BCUT2D eigenvalue weighted by Crippen LogP contribution is -2.47. The Morgan fingerprint density at radius 2 is 1.79 bits per heavy atom. The summed E-state index contributed by atoms with van der Waals surface area (Å²) in [4.78, 5) is 24.2. The molecule has 3 N–H and O–H groups in total. The van der Waals surface area contributed by atoms with E-state index < -0.39 is 30.3 Å². The van der Waals surface area contributed by atoms with Crippen LogP contribution in [0.3, 0.4) is 0 Å². The molecule has 0 aromatic heterocycles. The Bertz CT molecular complexity index is 948. The highest BCUT2D eigenvalue weighted by Gasteiger charge is 2.24. The van der Waals surface area contributed by atoms with Crippen molar-refractivity contribution in [2.45, 2.75) is 32.4 Å². The van der Waals surface area contributed by atoms with Crippen LogP contribution in [0.25, 0.3) is 0 Å². The minimum Gasteiger partial charge on any atom is -0.444 e. The molecule has 0 saturated heterocycles. The van der Waals surface area contributed by atoms with Gasteiger partial charge in [0.2, 0.25) is 5.91 Å². The normalized spacial score (nSPS) is 10.2. The van der Waals surface area contributed by atoms with E-state index in [1.165, 1.54) is 0 Å². The van der Waals surface area contributed by atoms with E-state index >= 15 is 0 Å². The number of amides is 2. The zero-order chi connectivity index (χ0) is 21.0. The fourth-order valence-electron chi connectivity index (χ4n) is 1.79. The van der Waals surface area contributed by atoms with Gasteiger partial charge < -0.3 is 20.5 Å². The van der Waals surface area contributed by atoms with Crippen LogP contribution in [-0.4, -0.2) is 35.4 Å². The summed E-state index contributed by atoms with van der Waals surface area (Å²) in [7, 11) is 0. The number of nitrogens with one attached hydrogen (secondary N) is 2. The lowest BCUT2D eigenvalue weighted by molar-refractivity contribution is -0.119. The molecule has 0 saturated carbocycles. The van der Waals surface area contributed by atoms with Crippen LogP contribution in [0.5, 0.6) is 0 Å². The van der Waals surface area contributed by atoms with Gasteiger partial charge in [-0.3, -0.25) is 4.79 Å². The zero-order valence-electron chi connectivity index (χ0n) is 15.8. The number of para-hydroxylation sites is 1. The molecular formula is C22H20N2O4. The van der Waals surface area contributed by atoms with Crippen LogP contribution in [0.15, 0.2) is 24.3 Å². The van der Waals surface area contributed by atoms with Crippen molar-refractivity contribution in [2.24, 2.45) is 0 Å². The quantitative estimate of drug-likeness (QED) is 0.695. The van der Waals surface area contributed by atoms with Gasteiger partial charge in [0, 0.05) is 5.56 Å². The van der Waals surface area contributed by atoms with E-state index in [1.807, 2.05) is 0 Å². The lowest BCUT2D eigenvalue weighted by Gasteiger charge is -2.22. The maximum atomic E-state index is 12.4. The number of hydrogen-bond donors (Lipinski definition) is 3. The average Bonchev–Trinajstić information content (AvgIpc) is 2.62. The highest BCUT2D eigenvalue weighted by Crippen LogP contribution is 2.14. The number of aliphatic hydroxyl groups excluding tert-OH is 1. The second kappa shape index (κ2) is 11.0. The number of carbonyl (C=O) groups is 2. The first-order valence-electron chi connectivity index (χ1n) is 8.23. The third kappa shape index (κ3) is 8.50. The summed E-state index contributed by atoms with van der Waals surface area (Å²) in [5, 5.41) is 14.4. The van der Waals surface area contributed by atoms with Crippen molar-refractivity contribution in [1.82, 2.24) is 5.32 Å². The number of anilines is 1. The molecule has 0 spiro atoms. The van der Waals surface area contributed by atoms with E-state index in [4.69, 9.17) is 11.2 Å². The van der Waals surface area contributed by atoms with Crippen LogP contribution >= 0.6 is 0 Å². The molecule has 0 aliphatic carbocycles. The van der Waals surface area contributed by atoms with Gasteiger partial charge in [-0.25, -0.2) is 4.79 Å². The van der Waals surface area contributed by atoms with Crippen LogP contribution in [0.4, 0.5) is 10.5 Å². The number of alkyl carbamates (subject to hydrolysis) is 1. The Kier molecular flexibility index (Phi) is 8.72. The standard InChI is InChI=1S/C22H20N2O4/c1-5-6-7-8-9-10-13-17-14-11-12-15-18(17)23-20(26)19(16-25)24-21(27)28-22(2,3)4/h1,11-12,14-15,19,25H,16H2,2-4H3,(H,23,26)(H,24,27). The van der Waals surface area contributed by atoms with Gasteiger partial charge in [-0.2, -0.15) is 0 Å². The minimum atomic E-state index is -1.19. The second-order valence-corrected chi connectivity index (χ2v) is 6.31. The molecule has 28 heavy (non-hydrogen) atoms. The number of terminal acetylenes is 1. The molecule has 1 rings (SSSR count). The third-order valence-electron chi connectivity index (χ3n) is 2.89. The molecule has 0 bridgehead atoms. The third-order valence-corrected chi connectivity index (χ3v) is 2.89. The molecular weight excluding hydrogens is 356 g/mol. The van der Waals surface area contributed by atoms with Crippen LogP contribution < -0.4 is 10.6 Å². The Labute approximate surface area is 165 Å². The van der Waals surface area contributed by atoms with Gasteiger partial charge in [0.05, 0.1) is 12.3 Å². The number of hydrogen-bond acceptors (Lipinski definition) is 4. The maximum Gasteiger partial charge on any atom is 0.408 e. The van der Waals surface area contributed by atoms with E-state index in [2.05, 4.69) is 52.1 Å². The Morgan fingerprint density at radius 1 is 1.14 bits per heavy atom. The summed E-state index contributed by atoms with van der Waals surface area (Å²) >= 11 is 0. The van der Waals surface area contributed by atoms with Crippen molar-refractivity contribution in [2.75, 3.05) is 11.9 Å². The summed E-state index contributed by atoms with van der Waals surface area (Å²) in [5.41, 5.74) is 0.180. The smallest absolute Gasteiger partial charge is 0.408 e. The van der Waals surface area contributed by atoms with Gasteiger partial charge in [0.1, 0.15) is 11.6 Å². The first-order chi connectivity index (χ1) is 13.3. The summed E-state index contributed by atoms with van der Waals surface area (Å²) < 4.78 is 5.09. The van der Waals surface area contributed by atoms with E-state index in [9.17, 15) is 14.7 Å². The zero-order valence-corrected chi connectivity index (χ0v) is 15.8. The second-order valence-electron chi connectivity index (χ2n) is 6.31. The van der Waals surface area contributed by atoms with E-state index in [0.717, 1.165) is 0 Å². The van der Waals surface area contributed by atoms with Crippen LogP contribution in [0.1, 0.15) is 26.3 Å². The van der Waals surface area contributed by atoms with Gasteiger partial charge in [0.25, 0.3) is 0 Å². The summed E-state index contributed by atoms with van der Waals surface area (Å²) in [6, 6.07) is 5.59. The minimum absolute atomic E-state index is 0.404. The molecule has 2 amide bonds. The van der Waals surface area contributed by atoms with Crippen molar-refractivity contribution in [3.05, 3.63) is 29.8 Å². The predicted molar refractivity (Wildman–Crippen MR) is 107 cm³/mol. The highest BCUT2D eigenvalue weighted by molar-refractivity contribution is 5.97. The van der Waals surface area contributed by atoms with Crippen LogP contribution in [-0.2, 0) is 9.53 Å². The molecule has 6 heteroatoms. The number of carbonyl (C=O) groups excluding carboxylic acids is 2. The first-order valence-corrected chi connectivity index (χ1v) is 8.23. The van der Waals surface area contributed by atoms with E-state index in [0.29, 0.717) is 11.3 Å². The van der Waals surface area contributed by atoms with Crippen molar-refractivity contribution in [3.63, 3.8) is 0 Å². The summed E-state index contributed by atoms with van der Waals surface area (Å²) in [6.45, 7) is 4.47. The first kappa shape index (κ1) is 22.2. The number of benzene rings is 1. The fraction of sp³-hybridized carbons (Fsp3) is 0.273. The molecule has 6 nitrogen and oxygen atoms in total. The van der Waals surface area contributed by atoms with Crippen LogP contribution in [0, 0.1) is 47.9 Å². The van der Waals surface area contributed by atoms with Crippen molar-refractivity contribution in [3.8, 4) is 47.9 Å². The number of ether oxygens (including phenoxy) is 1. The molecule has 1 aromatic rings. The van der Waals surface area contributed by atoms with Gasteiger partial charge in [-0.05, 0) is 68.4 Å². The monoisotopic (exact) mass is 376 g/mol. The van der Waals surface area contributed by atoms with Gasteiger partial charge in [-0.1, -0.05) is 18.1 Å². The predicted octanol–water partition coefficient (Wildman–Crippen LogP) is 1.50. The average molecular weight is 376 g/mol. The molecule has 1 aromatic carbocycles. The molecule has 0 aliphatic heterocycles. The van der Waals surface area contributed by atoms with E-state index in [1.54, 1.807) is 45.0 Å². The molecule has 1 atom stereocenters. The summed E-state index contributed by atoms with van der Waals surface area (Å²) in [6.07, 6.45) is 4.17. The molecule has 142 valence electrons. The fourth-order valence-corrected chi connectivity index (χ4v) is 1.79.